The van der Waals surface area contributed by atoms with E-state index >= 15 is 0 Å². The van der Waals surface area contributed by atoms with Crippen LogP contribution in [0.25, 0.3) is 22.0 Å². The summed E-state index contributed by atoms with van der Waals surface area (Å²) in [6, 6.07) is 22.4. The fourth-order valence-electron chi connectivity index (χ4n) is 7.66. The summed E-state index contributed by atoms with van der Waals surface area (Å²) < 4.78 is 11.2. The summed E-state index contributed by atoms with van der Waals surface area (Å²) in [6.45, 7) is 5.67. The molecule has 0 bridgehead atoms. The minimum absolute atomic E-state index is 0.0616. The number of β-amino-alcohol motifs (C(OH)–C–C–N with tert-alkyl or cyclic N) is 1. The van der Waals surface area contributed by atoms with Crippen LogP contribution in [0.15, 0.2) is 66.7 Å². The minimum Gasteiger partial charge on any atom is -0.454 e. The summed E-state index contributed by atoms with van der Waals surface area (Å²) in [4.78, 5) is 24.1. The lowest BCUT2D eigenvalue weighted by Gasteiger charge is -2.29. The molecule has 0 spiro atoms. The fourth-order valence-corrected chi connectivity index (χ4v) is 7.66. The fraction of sp³-hybridized carbons (Fsp3) is 0.405. The van der Waals surface area contributed by atoms with Crippen LogP contribution in [0, 0.1) is 0 Å². The van der Waals surface area contributed by atoms with E-state index in [-0.39, 0.29) is 24.7 Å². The van der Waals surface area contributed by atoms with Crippen LogP contribution in [0.4, 0.5) is 11.5 Å². The number of aliphatic hydroxyl groups excluding tert-OH is 1. The zero-order valence-electron chi connectivity index (χ0n) is 26.1. The molecule has 3 saturated heterocycles. The van der Waals surface area contributed by atoms with Crippen molar-refractivity contribution in [2.75, 3.05) is 51.4 Å². The number of nitrogens with zero attached hydrogens (tertiary/aromatic N) is 3. The second kappa shape index (κ2) is 12.5. The zero-order valence-corrected chi connectivity index (χ0v) is 26.1. The topological polar surface area (TPSA) is 99.2 Å². The highest BCUT2D eigenvalue weighted by molar-refractivity contribution is 6.08. The number of carbonyl (C=O) groups excluding carboxylic acids is 1. The first-order valence-electron chi connectivity index (χ1n) is 16.7. The van der Waals surface area contributed by atoms with Crippen molar-refractivity contribution in [1.29, 1.82) is 0 Å². The van der Waals surface area contributed by atoms with Crippen molar-refractivity contribution in [1.82, 2.24) is 20.1 Å². The van der Waals surface area contributed by atoms with Gasteiger partial charge in [0.25, 0.3) is 5.91 Å². The molecule has 3 atom stereocenters. The number of piperidine rings is 1. The van der Waals surface area contributed by atoms with Crippen LogP contribution >= 0.6 is 0 Å². The molecule has 8 rings (SSSR count). The summed E-state index contributed by atoms with van der Waals surface area (Å²) in [6.07, 6.45) is 5.01. The van der Waals surface area contributed by atoms with Gasteiger partial charge >= 0.3 is 0 Å². The van der Waals surface area contributed by atoms with E-state index in [1.165, 1.54) is 12.8 Å². The van der Waals surface area contributed by atoms with Gasteiger partial charge in [-0.2, -0.15) is 0 Å². The van der Waals surface area contributed by atoms with Gasteiger partial charge in [0.05, 0.1) is 17.2 Å². The van der Waals surface area contributed by atoms with Crippen LogP contribution in [0.5, 0.6) is 11.5 Å². The average Bonchev–Trinajstić information content (AvgIpc) is 3.87. The first-order chi connectivity index (χ1) is 22.6. The van der Waals surface area contributed by atoms with Crippen LogP contribution in [0.1, 0.15) is 53.9 Å². The highest BCUT2D eigenvalue weighted by Crippen LogP contribution is 2.38. The van der Waals surface area contributed by atoms with Gasteiger partial charge in [-0.05, 0) is 111 Å². The van der Waals surface area contributed by atoms with E-state index in [0.717, 1.165) is 96.8 Å². The highest BCUT2D eigenvalue weighted by Gasteiger charge is 2.33. The minimum atomic E-state index is -0.417. The number of amides is 1. The number of likely N-dealkylation sites (tertiary alicyclic amines) is 2. The maximum absolute atomic E-state index is 14.5. The van der Waals surface area contributed by atoms with Crippen molar-refractivity contribution >= 4 is 28.3 Å². The second-order valence-electron chi connectivity index (χ2n) is 13.1. The van der Waals surface area contributed by atoms with E-state index in [4.69, 9.17) is 14.5 Å². The SMILES string of the molecule is O=C(c1cc(Nc2cccc(C3CCNC[C@@H]3O)c2)nc2ccc(-c3ccc4c(c3)OCO4)cc12)N1CCCC1CN1CCCC1. The lowest BCUT2D eigenvalue weighted by atomic mass is 9.88. The lowest BCUT2D eigenvalue weighted by molar-refractivity contribution is 0.0710. The first kappa shape index (κ1) is 29.2. The summed E-state index contributed by atoms with van der Waals surface area (Å²) in [7, 11) is 0. The average molecular weight is 620 g/mol. The summed E-state index contributed by atoms with van der Waals surface area (Å²) >= 11 is 0. The number of aromatic nitrogens is 1. The smallest absolute Gasteiger partial charge is 0.254 e. The van der Waals surface area contributed by atoms with Crippen molar-refractivity contribution in [2.45, 2.75) is 50.2 Å². The van der Waals surface area contributed by atoms with Gasteiger partial charge in [0.1, 0.15) is 5.82 Å². The number of aliphatic hydroxyl groups is 1. The van der Waals surface area contributed by atoms with Gasteiger partial charge in [-0.3, -0.25) is 4.79 Å². The van der Waals surface area contributed by atoms with Crippen LogP contribution in [0.2, 0.25) is 0 Å². The Hall–Kier alpha value is -4.18. The van der Waals surface area contributed by atoms with Crippen molar-refractivity contribution in [3.8, 4) is 22.6 Å². The highest BCUT2D eigenvalue weighted by atomic mass is 16.7. The third-order valence-corrected chi connectivity index (χ3v) is 10.1. The van der Waals surface area contributed by atoms with Crippen LogP contribution < -0.4 is 20.1 Å². The lowest BCUT2D eigenvalue weighted by Crippen LogP contribution is -2.42. The number of fused-ring (bicyclic) bond motifs is 2. The first-order valence-corrected chi connectivity index (χ1v) is 16.7. The Balaban J connectivity index is 1.16. The second-order valence-corrected chi connectivity index (χ2v) is 13.1. The predicted octanol–water partition coefficient (Wildman–Crippen LogP) is 5.51. The van der Waals surface area contributed by atoms with Gasteiger partial charge in [0, 0.05) is 42.7 Å². The van der Waals surface area contributed by atoms with Gasteiger partial charge in [0.2, 0.25) is 6.79 Å². The number of hydrogen-bond acceptors (Lipinski definition) is 8. The van der Waals surface area contributed by atoms with Gasteiger partial charge in [-0.25, -0.2) is 4.98 Å². The molecule has 1 aromatic heterocycles. The molecule has 1 amide bonds. The molecule has 4 aliphatic heterocycles. The maximum atomic E-state index is 14.5. The van der Waals surface area contributed by atoms with Gasteiger partial charge in [-0.15, -0.1) is 0 Å². The standard InChI is InChI=1S/C37H41N5O4/c43-33-21-38-13-12-29(33)26-5-3-6-27(17-26)39-36-20-31(37(44)42-16-4-7-28(42)22-41-14-1-2-15-41)30-18-24(8-10-32(30)40-36)25-9-11-34-35(19-25)46-23-45-34/h3,5-6,8-11,17-20,28-29,33,38,43H,1-2,4,7,12-16,21-23H2,(H,39,40)/t28?,29?,33-/m0/s1. The molecule has 46 heavy (non-hydrogen) atoms. The van der Waals surface area contributed by atoms with Gasteiger partial charge < -0.3 is 35.0 Å². The molecule has 3 N–H and O–H groups in total. The molecule has 4 aromatic rings. The number of rotatable bonds is 7. The molecule has 0 radical (unpaired) electrons. The molecular formula is C37H41N5O4. The van der Waals surface area contributed by atoms with E-state index in [1.54, 1.807) is 0 Å². The molecule has 9 heteroatoms. The molecule has 0 saturated carbocycles. The Bertz CT molecular complexity index is 1760. The normalized spacial score (nSPS) is 22.9. The number of benzene rings is 3. The zero-order chi connectivity index (χ0) is 31.0. The predicted molar refractivity (Wildman–Crippen MR) is 179 cm³/mol. The molecule has 3 fully saturated rings. The Labute approximate surface area is 269 Å². The Morgan fingerprint density at radius 3 is 2.67 bits per heavy atom. The van der Waals surface area contributed by atoms with Gasteiger partial charge in [0.15, 0.2) is 11.5 Å². The quantitative estimate of drug-likeness (QED) is 0.249. The van der Waals surface area contributed by atoms with Gasteiger partial charge in [-0.1, -0.05) is 24.3 Å². The molecule has 3 aromatic carbocycles. The number of ether oxygens (including phenoxy) is 2. The Morgan fingerprint density at radius 1 is 0.935 bits per heavy atom. The van der Waals surface area contributed by atoms with E-state index < -0.39 is 6.10 Å². The number of pyridine rings is 1. The molecule has 2 unspecified atom stereocenters. The molecule has 5 heterocycles. The number of carbonyl (C=O) groups is 1. The van der Waals surface area contributed by atoms with Crippen molar-refractivity contribution < 1.29 is 19.4 Å². The van der Waals surface area contributed by atoms with Crippen LogP contribution in [-0.4, -0.2) is 84.0 Å². The molecule has 4 aliphatic rings. The summed E-state index contributed by atoms with van der Waals surface area (Å²) in [5.74, 6) is 2.25. The van der Waals surface area contributed by atoms with E-state index in [9.17, 15) is 9.90 Å². The van der Waals surface area contributed by atoms with E-state index in [1.807, 2.05) is 42.5 Å². The van der Waals surface area contributed by atoms with E-state index in [0.29, 0.717) is 17.9 Å². The molecule has 238 valence electrons. The number of nitrogens with one attached hydrogen (secondary N) is 2. The molecule has 9 nitrogen and oxygen atoms in total. The maximum Gasteiger partial charge on any atom is 0.254 e. The molecular weight excluding hydrogens is 578 g/mol. The third kappa shape index (κ3) is 5.79. The van der Waals surface area contributed by atoms with E-state index in [2.05, 4.69) is 44.7 Å². The largest absolute Gasteiger partial charge is 0.454 e. The number of hydrogen-bond donors (Lipinski definition) is 3. The molecule has 0 aliphatic carbocycles. The van der Waals surface area contributed by atoms with Crippen molar-refractivity contribution in [2.24, 2.45) is 0 Å². The van der Waals surface area contributed by atoms with Crippen molar-refractivity contribution in [3.05, 3.63) is 77.9 Å². The summed E-state index contributed by atoms with van der Waals surface area (Å²) in [5.41, 5.74) is 5.40. The van der Waals surface area contributed by atoms with Crippen LogP contribution in [-0.2, 0) is 0 Å². The monoisotopic (exact) mass is 619 g/mol. The third-order valence-electron chi connectivity index (χ3n) is 10.1. The summed E-state index contributed by atoms with van der Waals surface area (Å²) in [5, 5.41) is 18.2. The Kier molecular flexibility index (Phi) is 7.98. The van der Waals surface area contributed by atoms with Crippen molar-refractivity contribution in [3.63, 3.8) is 0 Å². The Morgan fingerprint density at radius 2 is 1.78 bits per heavy atom. The van der Waals surface area contributed by atoms with Crippen LogP contribution in [0.3, 0.4) is 0 Å². The number of anilines is 2.